The van der Waals surface area contributed by atoms with Crippen LogP contribution in [0.25, 0.3) is 0 Å². The van der Waals surface area contributed by atoms with E-state index in [4.69, 9.17) is 5.73 Å². The standard InChI is InChI=1S/C10H7BrFN3OS/c11-8-4-14-10(17-8)15-9(16)5-1-2-6(12)7(13)3-5/h1-4H,13H2,(H,14,15,16). The molecule has 0 aliphatic heterocycles. The first kappa shape index (κ1) is 12.0. The summed E-state index contributed by atoms with van der Waals surface area (Å²) >= 11 is 4.52. The molecule has 0 radical (unpaired) electrons. The van der Waals surface area contributed by atoms with Crippen molar-refractivity contribution in [1.29, 1.82) is 0 Å². The van der Waals surface area contributed by atoms with Crippen LogP contribution in [-0.4, -0.2) is 10.9 Å². The summed E-state index contributed by atoms with van der Waals surface area (Å²) in [5, 5.41) is 3.05. The van der Waals surface area contributed by atoms with Gasteiger partial charge in [-0.05, 0) is 34.1 Å². The van der Waals surface area contributed by atoms with Crippen molar-refractivity contribution in [2.45, 2.75) is 0 Å². The third kappa shape index (κ3) is 2.80. The zero-order valence-electron chi connectivity index (χ0n) is 8.41. The Kier molecular flexibility index (Phi) is 3.39. The van der Waals surface area contributed by atoms with Gasteiger partial charge >= 0.3 is 0 Å². The number of amides is 1. The Hall–Kier alpha value is -1.47. The molecule has 0 spiro atoms. The summed E-state index contributed by atoms with van der Waals surface area (Å²) in [5.74, 6) is -0.919. The first-order chi connectivity index (χ1) is 8.06. The second kappa shape index (κ2) is 4.80. The van der Waals surface area contributed by atoms with Gasteiger partial charge in [-0.1, -0.05) is 11.3 Å². The molecule has 0 aliphatic carbocycles. The zero-order chi connectivity index (χ0) is 12.4. The van der Waals surface area contributed by atoms with Gasteiger partial charge in [-0.15, -0.1) is 0 Å². The Morgan fingerprint density at radius 2 is 2.29 bits per heavy atom. The van der Waals surface area contributed by atoms with Crippen LogP contribution in [0, 0.1) is 5.82 Å². The van der Waals surface area contributed by atoms with Crippen LogP contribution in [0.15, 0.2) is 28.2 Å². The smallest absolute Gasteiger partial charge is 0.257 e. The quantitative estimate of drug-likeness (QED) is 0.837. The number of hydrogen-bond donors (Lipinski definition) is 2. The van der Waals surface area contributed by atoms with Gasteiger partial charge in [0.05, 0.1) is 15.7 Å². The van der Waals surface area contributed by atoms with E-state index in [0.717, 1.165) is 9.85 Å². The lowest BCUT2D eigenvalue weighted by molar-refractivity contribution is 0.102. The number of anilines is 2. The second-order valence-corrected chi connectivity index (χ2v) is 5.57. The number of aromatic nitrogens is 1. The van der Waals surface area contributed by atoms with E-state index in [0.29, 0.717) is 5.13 Å². The van der Waals surface area contributed by atoms with Crippen LogP contribution >= 0.6 is 27.3 Å². The van der Waals surface area contributed by atoms with Crippen molar-refractivity contribution in [3.63, 3.8) is 0 Å². The number of carbonyl (C=O) groups excluding carboxylic acids is 1. The fourth-order valence-corrected chi connectivity index (χ4v) is 2.27. The van der Waals surface area contributed by atoms with E-state index in [1.807, 2.05) is 0 Å². The van der Waals surface area contributed by atoms with Crippen LogP contribution in [0.4, 0.5) is 15.2 Å². The molecule has 0 saturated carbocycles. The predicted molar refractivity (Wildman–Crippen MR) is 68.6 cm³/mol. The zero-order valence-corrected chi connectivity index (χ0v) is 10.8. The molecule has 0 saturated heterocycles. The van der Waals surface area contributed by atoms with Crippen molar-refractivity contribution < 1.29 is 9.18 Å². The highest BCUT2D eigenvalue weighted by atomic mass is 79.9. The van der Waals surface area contributed by atoms with Crippen LogP contribution in [0.5, 0.6) is 0 Å². The summed E-state index contributed by atoms with van der Waals surface area (Å²) in [6.07, 6.45) is 1.58. The van der Waals surface area contributed by atoms with Gasteiger partial charge in [0.1, 0.15) is 5.82 Å². The topological polar surface area (TPSA) is 68.0 Å². The van der Waals surface area contributed by atoms with Crippen molar-refractivity contribution in [2.75, 3.05) is 11.1 Å². The first-order valence-electron chi connectivity index (χ1n) is 4.54. The van der Waals surface area contributed by atoms with Gasteiger partial charge in [-0.2, -0.15) is 0 Å². The van der Waals surface area contributed by atoms with E-state index >= 15 is 0 Å². The van der Waals surface area contributed by atoms with Crippen LogP contribution in [0.2, 0.25) is 0 Å². The molecule has 4 nitrogen and oxygen atoms in total. The van der Waals surface area contributed by atoms with E-state index < -0.39 is 5.82 Å². The van der Waals surface area contributed by atoms with Crippen molar-refractivity contribution in [1.82, 2.24) is 4.98 Å². The fraction of sp³-hybridized carbons (Fsp3) is 0. The van der Waals surface area contributed by atoms with Gasteiger partial charge in [0.15, 0.2) is 5.13 Å². The number of halogens is 2. The summed E-state index contributed by atoms with van der Waals surface area (Å²) in [6.45, 7) is 0. The molecule has 0 fully saturated rings. The number of nitrogen functional groups attached to an aromatic ring is 1. The number of nitrogens with one attached hydrogen (secondary N) is 1. The van der Waals surface area contributed by atoms with E-state index in [2.05, 4.69) is 26.2 Å². The molecule has 3 N–H and O–H groups in total. The predicted octanol–water partition coefficient (Wildman–Crippen LogP) is 2.88. The largest absolute Gasteiger partial charge is 0.396 e. The fourth-order valence-electron chi connectivity index (χ4n) is 1.17. The summed E-state index contributed by atoms with van der Waals surface area (Å²) in [4.78, 5) is 15.7. The molecule has 17 heavy (non-hydrogen) atoms. The SMILES string of the molecule is Nc1cc(C(=O)Nc2ncc(Br)s2)ccc1F. The Labute approximate surface area is 109 Å². The molecule has 2 aromatic rings. The highest BCUT2D eigenvalue weighted by Gasteiger charge is 2.10. The first-order valence-corrected chi connectivity index (χ1v) is 6.15. The van der Waals surface area contributed by atoms with E-state index in [1.165, 1.54) is 23.5 Å². The molecule has 0 bridgehead atoms. The second-order valence-electron chi connectivity index (χ2n) is 3.16. The monoisotopic (exact) mass is 315 g/mol. The number of nitrogens with two attached hydrogens (primary N) is 1. The Morgan fingerprint density at radius 1 is 1.53 bits per heavy atom. The molecular formula is C10H7BrFN3OS. The van der Waals surface area contributed by atoms with Gasteiger partial charge < -0.3 is 5.73 Å². The highest BCUT2D eigenvalue weighted by molar-refractivity contribution is 9.11. The average molecular weight is 316 g/mol. The molecule has 1 amide bonds. The van der Waals surface area contributed by atoms with Gasteiger partial charge in [-0.3, -0.25) is 10.1 Å². The van der Waals surface area contributed by atoms with E-state index in [-0.39, 0.29) is 17.2 Å². The molecule has 0 unspecified atom stereocenters. The van der Waals surface area contributed by atoms with Gasteiger partial charge in [0.2, 0.25) is 0 Å². The van der Waals surface area contributed by atoms with Crippen molar-refractivity contribution in [3.05, 3.63) is 39.6 Å². The number of thiazole rings is 1. The third-order valence-electron chi connectivity index (χ3n) is 1.96. The van der Waals surface area contributed by atoms with E-state index in [9.17, 15) is 9.18 Å². The molecule has 0 atom stereocenters. The Morgan fingerprint density at radius 3 is 2.88 bits per heavy atom. The summed E-state index contributed by atoms with van der Waals surface area (Å²) in [5.41, 5.74) is 5.61. The number of rotatable bonds is 2. The maximum Gasteiger partial charge on any atom is 0.257 e. The maximum atomic E-state index is 12.9. The minimum absolute atomic E-state index is 0.0574. The van der Waals surface area contributed by atoms with Crippen LogP contribution in [0.1, 0.15) is 10.4 Å². The number of nitrogens with zero attached hydrogens (tertiary/aromatic N) is 1. The Bertz CT molecular complexity index is 572. The number of benzene rings is 1. The van der Waals surface area contributed by atoms with Crippen LogP contribution in [-0.2, 0) is 0 Å². The normalized spacial score (nSPS) is 10.2. The molecule has 1 aromatic carbocycles. The minimum atomic E-state index is -0.543. The molecule has 1 heterocycles. The van der Waals surface area contributed by atoms with Crippen molar-refractivity contribution in [3.8, 4) is 0 Å². The molecule has 88 valence electrons. The third-order valence-corrected chi connectivity index (χ3v) is 3.35. The summed E-state index contributed by atoms with van der Waals surface area (Å²) in [6, 6.07) is 3.80. The number of carbonyl (C=O) groups is 1. The minimum Gasteiger partial charge on any atom is -0.396 e. The lowest BCUT2D eigenvalue weighted by Gasteiger charge is -2.03. The summed E-state index contributed by atoms with van der Waals surface area (Å²) in [7, 11) is 0. The van der Waals surface area contributed by atoms with Gasteiger partial charge in [0.25, 0.3) is 5.91 Å². The average Bonchev–Trinajstić information content (AvgIpc) is 2.68. The molecule has 7 heteroatoms. The lowest BCUT2D eigenvalue weighted by Crippen LogP contribution is -2.12. The van der Waals surface area contributed by atoms with Gasteiger partial charge in [-0.25, -0.2) is 9.37 Å². The lowest BCUT2D eigenvalue weighted by atomic mass is 10.2. The van der Waals surface area contributed by atoms with Gasteiger partial charge in [0, 0.05) is 5.56 Å². The molecule has 1 aromatic heterocycles. The highest BCUT2D eigenvalue weighted by Crippen LogP contribution is 2.23. The molecular weight excluding hydrogens is 309 g/mol. The van der Waals surface area contributed by atoms with Crippen molar-refractivity contribution >= 4 is 44.0 Å². The molecule has 0 aliphatic rings. The van der Waals surface area contributed by atoms with E-state index in [1.54, 1.807) is 6.20 Å². The van der Waals surface area contributed by atoms with Crippen molar-refractivity contribution in [2.24, 2.45) is 0 Å². The van der Waals surface area contributed by atoms with Crippen LogP contribution in [0.3, 0.4) is 0 Å². The summed E-state index contributed by atoms with van der Waals surface area (Å²) < 4.78 is 13.7. The number of hydrogen-bond acceptors (Lipinski definition) is 4. The Balaban J connectivity index is 2.17. The maximum absolute atomic E-state index is 12.9. The van der Waals surface area contributed by atoms with Crippen LogP contribution < -0.4 is 11.1 Å². The molecule has 2 rings (SSSR count).